The molecule has 0 aliphatic carbocycles. The standard InChI is InChI=1S/C7H15NO2/c1-9-7-4-6(8)2-3-10-5-7/h6-7H,2-5,8H2,1H3/t6-,7?/m1/s1. The Morgan fingerprint density at radius 2 is 2.40 bits per heavy atom. The lowest BCUT2D eigenvalue weighted by Gasteiger charge is -2.13. The van der Waals surface area contributed by atoms with Gasteiger partial charge in [-0.2, -0.15) is 0 Å². The molecule has 1 aliphatic heterocycles. The molecule has 0 bridgehead atoms. The minimum atomic E-state index is 0.206. The Hall–Kier alpha value is -0.120. The molecule has 3 heteroatoms. The summed E-state index contributed by atoms with van der Waals surface area (Å²) in [5, 5.41) is 0. The van der Waals surface area contributed by atoms with Gasteiger partial charge in [0.15, 0.2) is 0 Å². The van der Waals surface area contributed by atoms with Gasteiger partial charge < -0.3 is 15.2 Å². The summed E-state index contributed by atoms with van der Waals surface area (Å²) >= 11 is 0. The number of methoxy groups -OCH3 is 1. The third kappa shape index (κ3) is 2.25. The first kappa shape index (κ1) is 7.98. The number of rotatable bonds is 1. The molecule has 1 heterocycles. The van der Waals surface area contributed by atoms with Crippen molar-refractivity contribution in [1.29, 1.82) is 0 Å². The minimum absolute atomic E-state index is 0.206. The average Bonchev–Trinajstić information content (AvgIpc) is 2.13. The van der Waals surface area contributed by atoms with E-state index in [1.165, 1.54) is 0 Å². The van der Waals surface area contributed by atoms with Gasteiger partial charge >= 0.3 is 0 Å². The molecule has 1 aliphatic rings. The second-order valence-corrected chi connectivity index (χ2v) is 2.72. The number of ether oxygens (including phenoxy) is 2. The third-order valence-corrected chi connectivity index (χ3v) is 1.84. The van der Waals surface area contributed by atoms with Gasteiger partial charge in [0.25, 0.3) is 0 Å². The first-order valence-electron chi connectivity index (χ1n) is 3.69. The predicted molar refractivity (Wildman–Crippen MR) is 38.8 cm³/mol. The zero-order valence-electron chi connectivity index (χ0n) is 6.38. The van der Waals surface area contributed by atoms with Crippen LogP contribution in [0.1, 0.15) is 12.8 Å². The Bertz CT molecular complexity index is 97.6. The van der Waals surface area contributed by atoms with Gasteiger partial charge in [-0.15, -0.1) is 0 Å². The quantitative estimate of drug-likeness (QED) is 0.570. The van der Waals surface area contributed by atoms with Crippen LogP contribution >= 0.6 is 0 Å². The lowest BCUT2D eigenvalue weighted by Crippen LogP contribution is -2.26. The average molecular weight is 145 g/mol. The predicted octanol–water partition coefficient (Wildman–Crippen LogP) is 0.139. The highest BCUT2D eigenvalue weighted by molar-refractivity contribution is 4.71. The van der Waals surface area contributed by atoms with E-state index in [1.54, 1.807) is 7.11 Å². The van der Waals surface area contributed by atoms with Crippen molar-refractivity contribution in [2.45, 2.75) is 25.0 Å². The van der Waals surface area contributed by atoms with Crippen molar-refractivity contribution >= 4 is 0 Å². The van der Waals surface area contributed by atoms with Gasteiger partial charge in [0, 0.05) is 19.8 Å². The molecule has 2 atom stereocenters. The normalized spacial score (nSPS) is 35.4. The lowest BCUT2D eigenvalue weighted by molar-refractivity contribution is 0.0197. The summed E-state index contributed by atoms with van der Waals surface area (Å²) in [5.41, 5.74) is 5.74. The maximum Gasteiger partial charge on any atom is 0.0819 e. The van der Waals surface area contributed by atoms with Crippen LogP contribution in [0.3, 0.4) is 0 Å². The van der Waals surface area contributed by atoms with Crippen LogP contribution in [0.25, 0.3) is 0 Å². The molecule has 0 spiro atoms. The largest absolute Gasteiger partial charge is 0.379 e. The van der Waals surface area contributed by atoms with Crippen LogP contribution in [0, 0.1) is 0 Å². The van der Waals surface area contributed by atoms with Gasteiger partial charge in [-0.05, 0) is 12.8 Å². The van der Waals surface area contributed by atoms with Crippen LogP contribution in [-0.4, -0.2) is 32.5 Å². The van der Waals surface area contributed by atoms with Crippen LogP contribution in [0.15, 0.2) is 0 Å². The Balaban J connectivity index is 2.30. The fraction of sp³-hybridized carbons (Fsp3) is 1.00. The maximum absolute atomic E-state index is 5.74. The van der Waals surface area contributed by atoms with Gasteiger partial charge in [-0.25, -0.2) is 0 Å². The summed E-state index contributed by atoms with van der Waals surface area (Å²) in [6, 6.07) is 0.257. The molecule has 1 rings (SSSR count). The molecule has 10 heavy (non-hydrogen) atoms. The first-order chi connectivity index (χ1) is 4.83. The van der Waals surface area contributed by atoms with Crippen molar-refractivity contribution in [3.8, 4) is 0 Å². The summed E-state index contributed by atoms with van der Waals surface area (Å²) in [6.45, 7) is 1.48. The van der Waals surface area contributed by atoms with Gasteiger partial charge in [-0.1, -0.05) is 0 Å². The first-order valence-corrected chi connectivity index (χ1v) is 3.69. The van der Waals surface area contributed by atoms with E-state index in [-0.39, 0.29) is 12.1 Å². The van der Waals surface area contributed by atoms with E-state index in [0.717, 1.165) is 19.4 Å². The van der Waals surface area contributed by atoms with Crippen molar-refractivity contribution in [3.05, 3.63) is 0 Å². The Kier molecular flexibility index (Phi) is 3.12. The lowest BCUT2D eigenvalue weighted by atomic mass is 10.1. The molecule has 3 nitrogen and oxygen atoms in total. The summed E-state index contributed by atoms with van der Waals surface area (Å²) in [5.74, 6) is 0. The highest BCUT2D eigenvalue weighted by Gasteiger charge is 2.16. The van der Waals surface area contributed by atoms with Gasteiger partial charge in [-0.3, -0.25) is 0 Å². The Morgan fingerprint density at radius 3 is 3.10 bits per heavy atom. The summed E-state index contributed by atoms with van der Waals surface area (Å²) in [4.78, 5) is 0. The van der Waals surface area contributed by atoms with Crippen LogP contribution < -0.4 is 5.73 Å². The van der Waals surface area contributed by atoms with E-state index in [1.807, 2.05) is 0 Å². The summed E-state index contributed by atoms with van der Waals surface area (Å²) < 4.78 is 10.4. The smallest absolute Gasteiger partial charge is 0.0819 e. The van der Waals surface area contributed by atoms with Crippen molar-refractivity contribution in [2.75, 3.05) is 20.3 Å². The van der Waals surface area contributed by atoms with Crippen LogP contribution in [-0.2, 0) is 9.47 Å². The molecule has 0 aromatic heterocycles. The minimum Gasteiger partial charge on any atom is -0.379 e. The van der Waals surface area contributed by atoms with E-state index in [4.69, 9.17) is 15.2 Å². The van der Waals surface area contributed by atoms with Gasteiger partial charge in [0.05, 0.1) is 12.7 Å². The zero-order valence-corrected chi connectivity index (χ0v) is 6.38. The van der Waals surface area contributed by atoms with E-state index >= 15 is 0 Å². The molecule has 1 fully saturated rings. The van der Waals surface area contributed by atoms with Crippen LogP contribution in [0.2, 0.25) is 0 Å². The molecule has 0 saturated carbocycles. The molecule has 2 N–H and O–H groups in total. The number of nitrogens with two attached hydrogens (primary N) is 1. The molecule has 0 aromatic rings. The van der Waals surface area contributed by atoms with Crippen molar-refractivity contribution < 1.29 is 9.47 Å². The van der Waals surface area contributed by atoms with Crippen molar-refractivity contribution in [3.63, 3.8) is 0 Å². The van der Waals surface area contributed by atoms with Gasteiger partial charge in [0.1, 0.15) is 0 Å². The third-order valence-electron chi connectivity index (χ3n) is 1.84. The number of hydrogen-bond acceptors (Lipinski definition) is 3. The van der Waals surface area contributed by atoms with E-state index in [2.05, 4.69) is 0 Å². The SMILES string of the molecule is COC1COCC[C@@H](N)C1. The molecule has 0 amide bonds. The highest BCUT2D eigenvalue weighted by Crippen LogP contribution is 2.08. The molecule has 1 unspecified atom stereocenters. The highest BCUT2D eigenvalue weighted by atomic mass is 16.5. The zero-order chi connectivity index (χ0) is 7.40. The van der Waals surface area contributed by atoms with Crippen LogP contribution in [0.4, 0.5) is 0 Å². The molecule has 0 radical (unpaired) electrons. The summed E-state index contributed by atoms with van der Waals surface area (Å²) in [6.07, 6.45) is 2.09. The van der Waals surface area contributed by atoms with Crippen molar-refractivity contribution in [1.82, 2.24) is 0 Å². The van der Waals surface area contributed by atoms with Gasteiger partial charge in [0.2, 0.25) is 0 Å². The van der Waals surface area contributed by atoms with Crippen molar-refractivity contribution in [2.24, 2.45) is 5.73 Å². The second kappa shape index (κ2) is 3.91. The topological polar surface area (TPSA) is 44.5 Å². The Labute approximate surface area is 61.5 Å². The molecular formula is C7H15NO2. The van der Waals surface area contributed by atoms with E-state index in [9.17, 15) is 0 Å². The Morgan fingerprint density at radius 1 is 1.60 bits per heavy atom. The molecule has 0 aromatic carbocycles. The summed E-state index contributed by atoms with van der Waals surface area (Å²) in [7, 11) is 1.70. The van der Waals surface area contributed by atoms with Crippen LogP contribution in [0.5, 0.6) is 0 Å². The molecule has 60 valence electrons. The maximum atomic E-state index is 5.74. The fourth-order valence-electron chi connectivity index (χ4n) is 1.14. The monoisotopic (exact) mass is 145 g/mol. The number of hydrogen-bond donors (Lipinski definition) is 1. The fourth-order valence-corrected chi connectivity index (χ4v) is 1.14. The van der Waals surface area contributed by atoms with E-state index < -0.39 is 0 Å². The molecular weight excluding hydrogens is 130 g/mol. The van der Waals surface area contributed by atoms with E-state index in [0.29, 0.717) is 6.61 Å². The second-order valence-electron chi connectivity index (χ2n) is 2.72. The molecule has 1 saturated heterocycles.